The third-order valence-electron chi connectivity index (χ3n) is 5.06. The summed E-state index contributed by atoms with van der Waals surface area (Å²) in [6, 6.07) is 37.0. The zero-order valence-electron chi connectivity index (χ0n) is 16.3. The van der Waals surface area contributed by atoms with E-state index in [-0.39, 0.29) is 0 Å². The third kappa shape index (κ3) is 3.27. The lowest BCUT2D eigenvalue weighted by Crippen LogP contribution is -2.22. The topological polar surface area (TPSA) is 21.1 Å². The molecule has 0 saturated carbocycles. The van der Waals surface area contributed by atoms with Gasteiger partial charge in [0.15, 0.2) is 10.5 Å². The maximum atomic E-state index is 5.94. The molecular formula is C26H20N3S+. The Bertz CT molecular complexity index is 1310. The van der Waals surface area contributed by atoms with Gasteiger partial charge in [0.2, 0.25) is 5.69 Å². The lowest BCUT2D eigenvalue weighted by Gasteiger charge is -2.08. The number of nitrogens with zero attached hydrogens (tertiary/aromatic N) is 2. The van der Waals surface area contributed by atoms with Gasteiger partial charge in [0, 0.05) is 5.69 Å². The number of para-hydroxylation sites is 2. The minimum absolute atomic E-state index is 0.677. The van der Waals surface area contributed by atoms with Crippen LogP contribution in [0.15, 0.2) is 115 Å². The molecule has 5 rings (SSSR count). The van der Waals surface area contributed by atoms with Crippen LogP contribution in [0.1, 0.15) is 5.69 Å². The van der Waals surface area contributed by atoms with Gasteiger partial charge in [-0.05, 0) is 48.5 Å². The van der Waals surface area contributed by atoms with Crippen LogP contribution in [0.2, 0.25) is 0 Å². The van der Waals surface area contributed by atoms with Crippen LogP contribution in [0.25, 0.3) is 22.6 Å². The standard InChI is InChI=1S/C26H19N3S/c30-25(27-21-14-6-2-7-15-21)24-23-18-10-11-19-28(23)26(20-12-4-1-5-13-20)29(24)22-16-8-3-9-17-22/h1-19H/p+1. The van der Waals surface area contributed by atoms with Crippen molar-refractivity contribution in [1.82, 2.24) is 4.57 Å². The molecule has 3 nitrogen and oxygen atoms in total. The Morgan fingerprint density at radius 2 is 1.30 bits per heavy atom. The first-order valence-corrected chi connectivity index (χ1v) is 10.3. The molecule has 3 aromatic carbocycles. The molecule has 0 aliphatic rings. The van der Waals surface area contributed by atoms with Crippen LogP contribution in [-0.2, 0) is 0 Å². The van der Waals surface area contributed by atoms with Crippen LogP contribution >= 0.6 is 12.2 Å². The number of fused-ring (bicyclic) bond motifs is 1. The molecule has 2 aromatic heterocycles. The second kappa shape index (κ2) is 7.93. The molecule has 2 heterocycles. The van der Waals surface area contributed by atoms with Crippen molar-refractivity contribution in [1.29, 1.82) is 0 Å². The van der Waals surface area contributed by atoms with Gasteiger partial charge in [0.05, 0.1) is 11.8 Å². The molecule has 0 atom stereocenters. The zero-order valence-corrected chi connectivity index (χ0v) is 17.1. The van der Waals surface area contributed by atoms with Crippen molar-refractivity contribution in [3.05, 3.63) is 121 Å². The molecule has 0 amide bonds. The van der Waals surface area contributed by atoms with Crippen LogP contribution in [0.4, 0.5) is 5.69 Å². The van der Waals surface area contributed by atoms with E-state index < -0.39 is 0 Å². The van der Waals surface area contributed by atoms with Gasteiger partial charge in [-0.25, -0.2) is 0 Å². The van der Waals surface area contributed by atoms with E-state index in [1.807, 2.05) is 54.6 Å². The van der Waals surface area contributed by atoms with E-state index in [1.165, 1.54) is 0 Å². The van der Waals surface area contributed by atoms with Crippen LogP contribution < -0.4 is 9.72 Å². The van der Waals surface area contributed by atoms with Crippen molar-refractivity contribution in [2.75, 3.05) is 5.32 Å². The molecule has 0 radical (unpaired) electrons. The molecule has 0 aliphatic carbocycles. The fourth-order valence-corrected chi connectivity index (χ4v) is 4.08. The molecule has 5 aromatic rings. The van der Waals surface area contributed by atoms with Crippen LogP contribution in [0.5, 0.6) is 0 Å². The van der Waals surface area contributed by atoms with Gasteiger partial charge in [-0.3, -0.25) is 0 Å². The zero-order chi connectivity index (χ0) is 20.3. The summed E-state index contributed by atoms with van der Waals surface area (Å²) in [5, 5.41) is 3.42. The third-order valence-corrected chi connectivity index (χ3v) is 5.35. The summed E-state index contributed by atoms with van der Waals surface area (Å²) in [6.45, 7) is 0. The number of anilines is 1. The Hall–Kier alpha value is -3.76. The summed E-state index contributed by atoms with van der Waals surface area (Å²) >= 11 is 5.94. The van der Waals surface area contributed by atoms with Crippen molar-refractivity contribution >= 4 is 28.4 Å². The molecule has 0 bridgehead atoms. The summed E-state index contributed by atoms with van der Waals surface area (Å²) in [5.41, 5.74) is 5.16. The van der Waals surface area contributed by atoms with Gasteiger partial charge >= 0.3 is 0 Å². The van der Waals surface area contributed by atoms with Crippen molar-refractivity contribution in [3.8, 4) is 17.1 Å². The molecule has 0 spiro atoms. The van der Waals surface area contributed by atoms with Gasteiger partial charge < -0.3 is 5.32 Å². The van der Waals surface area contributed by atoms with Crippen molar-refractivity contribution in [2.24, 2.45) is 0 Å². The summed E-state index contributed by atoms with van der Waals surface area (Å²) < 4.78 is 4.44. The fourth-order valence-electron chi connectivity index (χ4n) is 3.76. The molecule has 0 saturated heterocycles. The minimum atomic E-state index is 0.677. The molecule has 4 heteroatoms. The van der Waals surface area contributed by atoms with Gasteiger partial charge in [-0.15, -0.1) is 0 Å². The number of hydrogen-bond acceptors (Lipinski definition) is 1. The molecule has 30 heavy (non-hydrogen) atoms. The summed E-state index contributed by atoms with van der Waals surface area (Å²) in [4.78, 5) is 0.677. The number of benzene rings is 3. The average molecular weight is 407 g/mol. The van der Waals surface area contributed by atoms with E-state index in [0.29, 0.717) is 4.99 Å². The lowest BCUT2D eigenvalue weighted by molar-refractivity contribution is -0.499. The van der Waals surface area contributed by atoms with Crippen LogP contribution in [0.3, 0.4) is 0 Å². The lowest BCUT2D eigenvalue weighted by atomic mass is 10.2. The Kier molecular flexibility index (Phi) is 4.83. The number of hydrogen-bond donors (Lipinski definition) is 1. The predicted molar refractivity (Wildman–Crippen MR) is 126 cm³/mol. The molecule has 0 fully saturated rings. The molecule has 0 unspecified atom stereocenters. The minimum Gasteiger partial charge on any atom is -0.343 e. The van der Waals surface area contributed by atoms with Crippen LogP contribution in [-0.4, -0.2) is 9.56 Å². The normalized spacial score (nSPS) is 10.8. The van der Waals surface area contributed by atoms with E-state index in [1.54, 1.807) is 0 Å². The van der Waals surface area contributed by atoms with Crippen molar-refractivity contribution < 1.29 is 4.40 Å². The molecule has 144 valence electrons. The van der Waals surface area contributed by atoms with Gasteiger partial charge in [0.25, 0.3) is 5.82 Å². The maximum absolute atomic E-state index is 5.94. The second-order valence-electron chi connectivity index (χ2n) is 6.99. The molecular weight excluding hydrogens is 386 g/mol. The number of thiocarbonyl (C=S) groups is 1. The van der Waals surface area contributed by atoms with Gasteiger partial charge in [-0.1, -0.05) is 72.9 Å². The number of aromatic nitrogens is 2. The van der Waals surface area contributed by atoms with Gasteiger partial charge in [-0.2, -0.15) is 8.97 Å². The number of imidazole rings is 1. The summed E-state index contributed by atoms with van der Waals surface area (Å²) in [7, 11) is 0. The number of nitrogens with one attached hydrogen (secondary N) is 1. The maximum Gasteiger partial charge on any atom is 0.299 e. The Labute approximate surface area is 180 Å². The van der Waals surface area contributed by atoms with E-state index in [4.69, 9.17) is 12.2 Å². The Balaban J connectivity index is 1.80. The summed E-state index contributed by atoms with van der Waals surface area (Å²) in [6.07, 6.45) is 2.09. The first-order valence-electron chi connectivity index (χ1n) is 9.85. The fraction of sp³-hybridized carbons (Fsp3) is 0. The van der Waals surface area contributed by atoms with Gasteiger partial charge in [0.1, 0.15) is 5.69 Å². The largest absolute Gasteiger partial charge is 0.343 e. The predicted octanol–water partition coefficient (Wildman–Crippen LogP) is 5.67. The quantitative estimate of drug-likeness (QED) is 0.307. The highest BCUT2D eigenvalue weighted by molar-refractivity contribution is 7.81. The first-order chi connectivity index (χ1) is 14.8. The average Bonchev–Trinajstić information content (AvgIpc) is 3.16. The summed E-state index contributed by atoms with van der Waals surface area (Å²) in [5.74, 6) is 1.06. The molecule has 0 aliphatic heterocycles. The van der Waals surface area contributed by atoms with E-state index in [0.717, 1.165) is 34.0 Å². The Morgan fingerprint density at radius 3 is 2.00 bits per heavy atom. The highest BCUT2D eigenvalue weighted by Gasteiger charge is 2.30. The van der Waals surface area contributed by atoms with Crippen molar-refractivity contribution in [3.63, 3.8) is 0 Å². The highest BCUT2D eigenvalue weighted by Crippen LogP contribution is 2.27. The second-order valence-corrected chi connectivity index (χ2v) is 7.39. The SMILES string of the molecule is S=C(Nc1ccccc1)c1c2cccc[n+]2c(-c2ccccc2)n1-c1ccccc1. The smallest absolute Gasteiger partial charge is 0.299 e. The monoisotopic (exact) mass is 406 g/mol. The van der Waals surface area contributed by atoms with Crippen molar-refractivity contribution in [2.45, 2.75) is 0 Å². The highest BCUT2D eigenvalue weighted by atomic mass is 32.1. The van der Waals surface area contributed by atoms with E-state index in [9.17, 15) is 0 Å². The van der Waals surface area contributed by atoms with E-state index >= 15 is 0 Å². The Morgan fingerprint density at radius 1 is 0.700 bits per heavy atom. The number of pyridine rings is 1. The first kappa shape index (κ1) is 18.3. The molecule has 1 N–H and O–H groups in total. The van der Waals surface area contributed by atoms with Crippen LogP contribution in [0, 0.1) is 0 Å². The number of rotatable bonds is 4. The van der Waals surface area contributed by atoms with E-state index in [2.05, 4.69) is 75.1 Å².